The molecular formula is C7H18S. The van der Waals surface area contributed by atoms with Crippen molar-refractivity contribution in [3.63, 3.8) is 0 Å². The predicted octanol–water partition coefficient (Wildman–Crippen LogP) is 2.95. The molecule has 0 rings (SSSR count). The topological polar surface area (TPSA) is 0 Å². The Morgan fingerprint density at radius 3 is 1.50 bits per heavy atom. The molecule has 0 radical (unpaired) electrons. The van der Waals surface area contributed by atoms with Crippen LogP contribution in [0.2, 0.25) is 0 Å². The van der Waals surface area contributed by atoms with Crippen molar-refractivity contribution in [3.8, 4) is 0 Å². The van der Waals surface area contributed by atoms with Gasteiger partial charge in [0.2, 0.25) is 0 Å². The van der Waals surface area contributed by atoms with E-state index >= 15 is 0 Å². The smallest absolute Gasteiger partial charge is 0.0383 e. The summed E-state index contributed by atoms with van der Waals surface area (Å²) in [6, 6.07) is 0. The van der Waals surface area contributed by atoms with Crippen LogP contribution in [0.4, 0.5) is 0 Å². The summed E-state index contributed by atoms with van der Waals surface area (Å²) in [7, 11) is 0. The quantitative estimate of drug-likeness (QED) is 0.517. The van der Waals surface area contributed by atoms with E-state index in [0.717, 1.165) is 0 Å². The monoisotopic (exact) mass is 134 g/mol. The highest BCUT2D eigenvalue weighted by molar-refractivity contribution is 7.59. The zero-order valence-corrected chi connectivity index (χ0v) is 7.41. The van der Waals surface area contributed by atoms with Crippen LogP contribution in [0, 0.1) is 5.41 Å². The van der Waals surface area contributed by atoms with E-state index < -0.39 is 0 Å². The normalized spacial score (nSPS) is 10.5. The highest BCUT2D eigenvalue weighted by Crippen LogP contribution is 2.19. The first kappa shape index (κ1) is 11.2. The third kappa shape index (κ3) is 9.61. The molecule has 0 N–H and O–H groups in total. The third-order valence-electron chi connectivity index (χ3n) is 1.000. The number of rotatable bonds is 1. The van der Waals surface area contributed by atoms with E-state index in [9.17, 15) is 0 Å². The van der Waals surface area contributed by atoms with E-state index in [4.69, 9.17) is 0 Å². The molecular weight excluding hydrogens is 116 g/mol. The van der Waals surface area contributed by atoms with E-state index in [2.05, 4.69) is 27.7 Å². The maximum Gasteiger partial charge on any atom is -0.0383 e. The number of hydrogen-bond donors (Lipinski definition) is 0. The fourth-order valence-electron chi connectivity index (χ4n) is 0.750. The van der Waals surface area contributed by atoms with Crippen LogP contribution in [0.1, 0.15) is 40.5 Å². The molecule has 52 valence electrons. The summed E-state index contributed by atoms with van der Waals surface area (Å²) in [5.41, 5.74) is 0.550. The molecule has 0 atom stereocenters. The molecule has 0 aromatic carbocycles. The molecule has 0 fully saturated rings. The van der Waals surface area contributed by atoms with Gasteiger partial charge in [-0.25, -0.2) is 0 Å². The fraction of sp³-hybridized carbons (Fsp3) is 1.00. The van der Waals surface area contributed by atoms with Crippen molar-refractivity contribution in [2.24, 2.45) is 5.41 Å². The van der Waals surface area contributed by atoms with Crippen molar-refractivity contribution in [1.29, 1.82) is 0 Å². The summed E-state index contributed by atoms with van der Waals surface area (Å²) in [5, 5.41) is 0. The fourth-order valence-corrected chi connectivity index (χ4v) is 0.750. The molecule has 0 aliphatic heterocycles. The van der Waals surface area contributed by atoms with Crippen LogP contribution in [-0.4, -0.2) is 0 Å². The third-order valence-corrected chi connectivity index (χ3v) is 1.000. The molecule has 0 saturated heterocycles. The van der Waals surface area contributed by atoms with Crippen molar-refractivity contribution in [3.05, 3.63) is 0 Å². The van der Waals surface area contributed by atoms with Gasteiger partial charge >= 0.3 is 0 Å². The van der Waals surface area contributed by atoms with E-state index in [-0.39, 0.29) is 13.5 Å². The van der Waals surface area contributed by atoms with E-state index in [1.54, 1.807) is 0 Å². The van der Waals surface area contributed by atoms with Gasteiger partial charge in [0.1, 0.15) is 0 Å². The van der Waals surface area contributed by atoms with Crippen LogP contribution >= 0.6 is 13.5 Å². The second-order valence-electron chi connectivity index (χ2n) is 3.31. The summed E-state index contributed by atoms with van der Waals surface area (Å²) in [6.45, 7) is 9.05. The summed E-state index contributed by atoms with van der Waals surface area (Å²) < 4.78 is 0. The second-order valence-corrected chi connectivity index (χ2v) is 3.31. The number of hydrogen-bond acceptors (Lipinski definition) is 0. The molecule has 1 heteroatoms. The average molecular weight is 134 g/mol. The van der Waals surface area contributed by atoms with Gasteiger partial charge in [0.25, 0.3) is 0 Å². The van der Waals surface area contributed by atoms with Crippen molar-refractivity contribution < 1.29 is 0 Å². The molecule has 0 unspecified atom stereocenters. The summed E-state index contributed by atoms with van der Waals surface area (Å²) >= 11 is 0. The van der Waals surface area contributed by atoms with Gasteiger partial charge in [-0.1, -0.05) is 34.1 Å². The summed E-state index contributed by atoms with van der Waals surface area (Å²) in [5.74, 6) is 0. The summed E-state index contributed by atoms with van der Waals surface area (Å²) in [6.07, 6.45) is 2.65. The van der Waals surface area contributed by atoms with Gasteiger partial charge in [0.05, 0.1) is 0 Å². The van der Waals surface area contributed by atoms with Gasteiger partial charge in [0.15, 0.2) is 0 Å². The lowest BCUT2D eigenvalue weighted by atomic mass is 9.91. The Morgan fingerprint density at radius 1 is 1.12 bits per heavy atom. The highest BCUT2D eigenvalue weighted by Gasteiger charge is 2.06. The Morgan fingerprint density at radius 2 is 1.50 bits per heavy atom. The standard InChI is InChI=1S/C7H16.H2S/c1-5-6-7(2,3)4;/h5-6H2,1-4H3;1H2. The minimum absolute atomic E-state index is 0. The maximum absolute atomic E-state index is 2.27. The van der Waals surface area contributed by atoms with Crippen molar-refractivity contribution in [2.45, 2.75) is 40.5 Å². The molecule has 8 heavy (non-hydrogen) atoms. The Kier molecular flexibility index (Phi) is 5.94. The highest BCUT2D eigenvalue weighted by atomic mass is 32.1. The van der Waals surface area contributed by atoms with Gasteiger partial charge in [-0.3, -0.25) is 0 Å². The first-order valence-corrected chi connectivity index (χ1v) is 3.06. The molecule has 0 spiro atoms. The van der Waals surface area contributed by atoms with Crippen LogP contribution in [0.15, 0.2) is 0 Å². The largest absolute Gasteiger partial charge is 0.197 e. The van der Waals surface area contributed by atoms with Crippen LogP contribution in [0.5, 0.6) is 0 Å². The van der Waals surface area contributed by atoms with Gasteiger partial charge in [0, 0.05) is 0 Å². The zero-order valence-electron chi connectivity index (χ0n) is 6.41. The molecule has 0 aliphatic rings. The van der Waals surface area contributed by atoms with Gasteiger partial charge in [-0.05, 0) is 11.8 Å². The second kappa shape index (κ2) is 4.25. The predicted molar refractivity (Wildman–Crippen MR) is 44.7 cm³/mol. The van der Waals surface area contributed by atoms with Gasteiger partial charge in [-0.2, -0.15) is 13.5 Å². The van der Waals surface area contributed by atoms with E-state index in [1.807, 2.05) is 0 Å². The Hall–Kier alpha value is 0.350. The first-order chi connectivity index (χ1) is 3.06. The lowest BCUT2D eigenvalue weighted by Gasteiger charge is -2.15. The van der Waals surface area contributed by atoms with Crippen molar-refractivity contribution in [1.82, 2.24) is 0 Å². The molecule has 0 bridgehead atoms. The van der Waals surface area contributed by atoms with Gasteiger partial charge in [-0.15, -0.1) is 0 Å². The molecule has 0 amide bonds. The van der Waals surface area contributed by atoms with Gasteiger partial charge < -0.3 is 0 Å². The lowest BCUT2D eigenvalue weighted by Crippen LogP contribution is -2.02. The zero-order chi connectivity index (χ0) is 5.91. The van der Waals surface area contributed by atoms with Crippen LogP contribution < -0.4 is 0 Å². The SMILES string of the molecule is CCCC(C)(C)C.S. The Bertz CT molecular complexity index is 42.8. The Balaban J connectivity index is 0. The minimum atomic E-state index is 0. The maximum atomic E-state index is 2.27. The molecule has 0 aromatic rings. The van der Waals surface area contributed by atoms with E-state index in [1.165, 1.54) is 12.8 Å². The average Bonchev–Trinajstić information content (AvgIpc) is 1.30. The first-order valence-electron chi connectivity index (χ1n) is 3.06. The molecule has 0 heterocycles. The van der Waals surface area contributed by atoms with Crippen LogP contribution in [-0.2, 0) is 0 Å². The molecule has 0 aromatic heterocycles. The van der Waals surface area contributed by atoms with Crippen LogP contribution in [0.3, 0.4) is 0 Å². The lowest BCUT2D eigenvalue weighted by molar-refractivity contribution is 0.373. The van der Waals surface area contributed by atoms with Crippen molar-refractivity contribution in [2.75, 3.05) is 0 Å². The summed E-state index contributed by atoms with van der Waals surface area (Å²) in [4.78, 5) is 0. The molecule has 0 nitrogen and oxygen atoms in total. The Labute approximate surface area is 60.1 Å². The van der Waals surface area contributed by atoms with E-state index in [0.29, 0.717) is 5.41 Å². The molecule has 0 saturated carbocycles. The minimum Gasteiger partial charge on any atom is -0.197 e. The van der Waals surface area contributed by atoms with Crippen LogP contribution in [0.25, 0.3) is 0 Å². The van der Waals surface area contributed by atoms with Crippen molar-refractivity contribution >= 4 is 13.5 Å². The molecule has 0 aliphatic carbocycles.